The Morgan fingerprint density at radius 3 is 2.16 bits per heavy atom. The van der Waals surface area contributed by atoms with Gasteiger partial charge in [0.25, 0.3) is 5.91 Å². The summed E-state index contributed by atoms with van der Waals surface area (Å²) in [6, 6.07) is 2.16. The summed E-state index contributed by atoms with van der Waals surface area (Å²) in [7, 11) is 0. The van der Waals surface area contributed by atoms with Crippen LogP contribution in [0.4, 0.5) is 8.78 Å². The molecule has 0 bridgehead atoms. The maximum Gasteiger partial charge on any atom is 0.254 e. The summed E-state index contributed by atoms with van der Waals surface area (Å²) in [5.74, 6) is -1.80. The molecule has 5 heteroatoms. The monoisotopic (exact) mass is 331 g/mol. The van der Waals surface area contributed by atoms with Crippen LogP contribution in [0.25, 0.3) is 0 Å². The molecule has 1 aliphatic heterocycles. The Balaban J connectivity index is 2.17. The SMILES string of the molecule is CC1(C)CCN(C(=O)c2cc(F)c(Br)c(F)c2)CC1. The van der Waals surface area contributed by atoms with Gasteiger partial charge in [-0.25, -0.2) is 8.78 Å². The summed E-state index contributed by atoms with van der Waals surface area (Å²) in [6.07, 6.45) is 1.81. The molecule has 0 saturated carbocycles. The molecule has 1 fully saturated rings. The Bertz CT molecular complexity index is 483. The van der Waals surface area contributed by atoms with E-state index < -0.39 is 11.6 Å². The third kappa shape index (κ3) is 3.14. The first-order valence-corrected chi connectivity index (χ1v) is 7.03. The summed E-state index contributed by atoms with van der Waals surface area (Å²) in [6.45, 7) is 5.58. The van der Waals surface area contributed by atoms with Crippen LogP contribution in [0.5, 0.6) is 0 Å². The molecule has 0 atom stereocenters. The molecule has 1 aliphatic rings. The first-order valence-electron chi connectivity index (χ1n) is 6.24. The number of carbonyl (C=O) groups excluding carboxylic acids is 1. The van der Waals surface area contributed by atoms with Gasteiger partial charge in [0.15, 0.2) is 0 Å². The lowest BCUT2D eigenvalue weighted by atomic mass is 9.82. The zero-order chi connectivity index (χ0) is 14.2. The molecule has 0 unspecified atom stereocenters. The number of piperidine rings is 1. The van der Waals surface area contributed by atoms with Crippen molar-refractivity contribution in [2.24, 2.45) is 5.41 Å². The van der Waals surface area contributed by atoms with Gasteiger partial charge in [-0.1, -0.05) is 13.8 Å². The maximum absolute atomic E-state index is 13.4. The molecular weight excluding hydrogens is 316 g/mol. The van der Waals surface area contributed by atoms with E-state index in [9.17, 15) is 13.6 Å². The third-order valence-electron chi connectivity index (χ3n) is 3.63. The van der Waals surface area contributed by atoms with Gasteiger partial charge in [-0.05, 0) is 46.3 Å². The molecule has 1 aromatic carbocycles. The fourth-order valence-electron chi connectivity index (χ4n) is 2.18. The average molecular weight is 332 g/mol. The van der Waals surface area contributed by atoms with Crippen molar-refractivity contribution >= 4 is 21.8 Å². The second kappa shape index (κ2) is 5.19. The Morgan fingerprint density at radius 1 is 1.21 bits per heavy atom. The predicted molar refractivity (Wildman–Crippen MR) is 73.0 cm³/mol. The fraction of sp³-hybridized carbons (Fsp3) is 0.500. The third-order valence-corrected chi connectivity index (χ3v) is 4.39. The second-order valence-electron chi connectivity index (χ2n) is 5.71. The zero-order valence-electron chi connectivity index (χ0n) is 11.0. The fourth-order valence-corrected chi connectivity index (χ4v) is 2.41. The van der Waals surface area contributed by atoms with E-state index in [4.69, 9.17) is 0 Å². The Labute approximate surface area is 119 Å². The number of halogens is 3. The largest absolute Gasteiger partial charge is 0.339 e. The van der Waals surface area contributed by atoms with Crippen LogP contribution in [0, 0.1) is 17.0 Å². The number of amides is 1. The Hall–Kier alpha value is -0.970. The number of carbonyl (C=O) groups is 1. The number of hydrogen-bond acceptors (Lipinski definition) is 1. The zero-order valence-corrected chi connectivity index (χ0v) is 12.6. The van der Waals surface area contributed by atoms with Crippen molar-refractivity contribution in [1.82, 2.24) is 4.90 Å². The van der Waals surface area contributed by atoms with Crippen LogP contribution in [0.3, 0.4) is 0 Å². The molecule has 104 valence electrons. The molecular formula is C14H16BrF2NO. The number of nitrogens with zero attached hydrogens (tertiary/aromatic N) is 1. The van der Waals surface area contributed by atoms with Gasteiger partial charge in [0, 0.05) is 18.7 Å². The molecule has 2 nitrogen and oxygen atoms in total. The topological polar surface area (TPSA) is 20.3 Å². The second-order valence-corrected chi connectivity index (χ2v) is 6.50. The number of hydrogen-bond donors (Lipinski definition) is 0. The molecule has 1 heterocycles. The van der Waals surface area contributed by atoms with Crippen LogP contribution in [0.15, 0.2) is 16.6 Å². The van der Waals surface area contributed by atoms with Gasteiger partial charge in [0.2, 0.25) is 0 Å². The lowest BCUT2D eigenvalue weighted by Crippen LogP contribution is -2.41. The molecule has 0 aliphatic carbocycles. The first-order chi connectivity index (χ1) is 8.80. The average Bonchev–Trinajstić information content (AvgIpc) is 2.34. The van der Waals surface area contributed by atoms with Crippen molar-refractivity contribution in [3.63, 3.8) is 0 Å². The smallest absolute Gasteiger partial charge is 0.254 e. The summed E-state index contributed by atoms with van der Waals surface area (Å²) >= 11 is 2.80. The van der Waals surface area contributed by atoms with Crippen molar-refractivity contribution in [2.45, 2.75) is 26.7 Å². The van der Waals surface area contributed by atoms with Crippen molar-refractivity contribution < 1.29 is 13.6 Å². The van der Waals surface area contributed by atoms with Crippen molar-refractivity contribution in [3.05, 3.63) is 33.8 Å². The maximum atomic E-state index is 13.4. The summed E-state index contributed by atoms with van der Waals surface area (Å²) in [5, 5.41) is 0. The molecule has 19 heavy (non-hydrogen) atoms. The minimum absolute atomic E-state index is 0.0675. The van der Waals surface area contributed by atoms with E-state index in [2.05, 4.69) is 29.8 Å². The lowest BCUT2D eigenvalue weighted by molar-refractivity contribution is 0.0629. The highest BCUT2D eigenvalue weighted by Gasteiger charge is 2.28. The molecule has 2 rings (SSSR count). The lowest BCUT2D eigenvalue weighted by Gasteiger charge is -2.37. The standard InChI is InChI=1S/C14H16BrF2NO/c1-14(2)3-5-18(6-4-14)13(19)9-7-10(16)12(15)11(17)8-9/h7-8H,3-6H2,1-2H3. The van der Waals surface area contributed by atoms with E-state index in [0.29, 0.717) is 13.1 Å². The highest BCUT2D eigenvalue weighted by atomic mass is 79.9. The van der Waals surface area contributed by atoms with Gasteiger partial charge in [-0.2, -0.15) is 0 Å². The van der Waals surface area contributed by atoms with Gasteiger partial charge >= 0.3 is 0 Å². The number of benzene rings is 1. The molecule has 0 spiro atoms. The molecule has 0 aromatic heterocycles. The molecule has 1 aromatic rings. The summed E-state index contributed by atoms with van der Waals surface area (Å²) in [4.78, 5) is 13.9. The molecule has 0 radical (unpaired) electrons. The van der Waals surface area contributed by atoms with Crippen LogP contribution in [0.2, 0.25) is 0 Å². The number of likely N-dealkylation sites (tertiary alicyclic amines) is 1. The number of rotatable bonds is 1. The van der Waals surface area contributed by atoms with E-state index in [1.165, 1.54) is 0 Å². The molecule has 0 N–H and O–H groups in total. The van der Waals surface area contributed by atoms with Gasteiger partial charge in [0.1, 0.15) is 11.6 Å². The quantitative estimate of drug-likeness (QED) is 0.712. The first kappa shape index (κ1) is 14.4. The highest BCUT2D eigenvalue weighted by Crippen LogP contribution is 2.30. The van der Waals surface area contributed by atoms with E-state index in [-0.39, 0.29) is 21.4 Å². The Morgan fingerprint density at radius 2 is 1.68 bits per heavy atom. The van der Waals surface area contributed by atoms with Crippen LogP contribution >= 0.6 is 15.9 Å². The van der Waals surface area contributed by atoms with Crippen LogP contribution in [0.1, 0.15) is 37.0 Å². The van der Waals surface area contributed by atoms with Crippen LogP contribution in [-0.2, 0) is 0 Å². The van der Waals surface area contributed by atoms with E-state index in [1.807, 2.05) is 0 Å². The van der Waals surface area contributed by atoms with Crippen molar-refractivity contribution in [1.29, 1.82) is 0 Å². The summed E-state index contributed by atoms with van der Waals surface area (Å²) in [5.41, 5.74) is 0.297. The van der Waals surface area contributed by atoms with Crippen molar-refractivity contribution in [2.75, 3.05) is 13.1 Å². The van der Waals surface area contributed by atoms with E-state index in [0.717, 1.165) is 25.0 Å². The predicted octanol–water partition coefficient (Wildman–Crippen LogP) is 3.99. The van der Waals surface area contributed by atoms with E-state index >= 15 is 0 Å². The minimum atomic E-state index is -0.749. The van der Waals surface area contributed by atoms with Crippen molar-refractivity contribution in [3.8, 4) is 0 Å². The highest BCUT2D eigenvalue weighted by molar-refractivity contribution is 9.10. The van der Waals surface area contributed by atoms with E-state index in [1.54, 1.807) is 4.90 Å². The van der Waals surface area contributed by atoms with Gasteiger partial charge in [0.05, 0.1) is 4.47 Å². The van der Waals surface area contributed by atoms with Gasteiger partial charge in [-0.15, -0.1) is 0 Å². The minimum Gasteiger partial charge on any atom is -0.339 e. The Kier molecular flexibility index (Phi) is 3.95. The summed E-state index contributed by atoms with van der Waals surface area (Å²) < 4.78 is 26.6. The van der Waals surface area contributed by atoms with Crippen LogP contribution < -0.4 is 0 Å². The molecule has 1 amide bonds. The molecule has 1 saturated heterocycles. The van der Waals surface area contributed by atoms with Crippen LogP contribution in [-0.4, -0.2) is 23.9 Å². The van der Waals surface area contributed by atoms with Gasteiger partial charge in [-0.3, -0.25) is 4.79 Å². The normalized spacial score (nSPS) is 18.5. The van der Waals surface area contributed by atoms with Gasteiger partial charge < -0.3 is 4.90 Å².